The summed E-state index contributed by atoms with van der Waals surface area (Å²) in [5.74, 6) is 0.928. The lowest BCUT2D eigenvalue weighted by Gasteiger charge is -2.23. The van der Waals surface area contributed by atoms with Gasteiger partial charge in [-0.15, -0.1) is 0 Å². The van der Waals surface area contributed by atoms with Crippen LogP contribution in [0.2, 0.25) is 0 Å². The van der Waals surface area contributed by atoms with Crippen LogP contribution in [0.4, 0.5) is 10.5 Å². The average molecular weight is 296 g/mol. The highest BCUT2D eigenvalue weighted by Gasteiger charge is 2.18. The number of benzene rings is 1. The molecule has 5 heteroatoms. The van der Waals surface area contributed by atoms with E-state index in [0.29, 0.717) is 5.25 Å². The van der Waals surface area contributed by atoms with Gasteiger partial charge in [0.25, 0.3) is 0 Å². The summed E-state index contributed by atoms with van der Waals surface area (Å²) in [6.07, 6.45) is 0. The number of hydrogen-bond donors (Lipinski definition) is 3. The first-order valence-corrected chi connectivity index (χ1v) is 7.78. The van der Waals surface area contributed by atoms with Crippen LogP contribution in [-0.2, 0) is 5.75 Å². The Bertz CT molecular complexity index is 447. The Morgan fingerprint density at radius 2 is 2.10 bits per heavy atom. The molecule has 0 aliphatic rings. The molecule has 0 aliphatic carbocycles. The summed E-state index contributed by atoms with van der Waals surface area (Å²) in [6.45, 7) is 7.75. The van der Waals surface area contributed by atoms with Gasteiger partial charge in [0.15, 0.2) is 0 Å². The van der Waals surface area contributed by atoms with Gasteiger partial charge in [-0.05, 0) is 36.8 Å². The van der Waals surface area contributed by atoms with Crippen LogP contribution in [0.15, 0.2) is 24.3 Å². The maximum Gasteiger partial charge on any atom is 0.319 e. The minimum absolute atomic E-state index is 0.106. The number of thioether (sulfide) groups is 1. The van der Waals surface area contributed by atoms with E-state index in [9.17, 15) is 4.79 Å². The molecule has 112 valence electrons. The number of aliphatic hydroxyl groups excluding tert-OH is 1. The van der Waals surface area contributed by atoms with Gasteiger partial charge in [-0.3, -0.25) is 0 Å². The average Bonchev–Trinajstić information content (AvgIpc) is 2.36. The normalized spacial score (nSPS) is 11.5. The Morgan fingerprint density at radius 3 is 2.70 bits per heavy atom. The van der Waals surface area contributed by atoms with Crippen molar-refractivity contribution >= 4 is 23.5 Å². The van der Waals surface area contributed by atoms with Crippen molar-refractivity contribution < 1.29 is 9.90 Å². The van der Waals surface area contributed by atoms with Gasteiger partial charge in [-0.1, -0.05) is 26.0 Å². The summed E-state index contributed by atoms with van der Waals surface area (Å²) in [4.78, 5) is 11.8. The lowest BCUT2D eigenvalue weighted by atomic mass is 10.1. The summed E-state index contributed by atoms with van der Waals surface area (Å²) >= 11 is 1.86. The molecular weight excluding hydrogens is 272 g/mol. The molecule has 1 aromatic carbocycles. The number of hydrogen-bond acceptors (Lipinski definition) is 3. The van der Waals surface area contributed by atoms with Crippen molar-refractivity contribution in [1.82, 2.24) is 5.32 Å². The number of rotatable bonds is 6. The van der Waals surface area contributed by atoms with E-state index in [2.05, 4.69) is 30.5 Å². The van der Waals surface area contributed by atoms with Crippen molar-refractivity contribution in [3.8, 4) is 0 Å². The summed E-state index contributed by atoms with van der Waals surface area (Å²) in [5.41, 5.74) is 1.32. The van der Waals surface area contributed by atoms with Crippen molar-refractivity contribution in [1.29, 1.82) is 0 Å². The van der Waals surface area contributed by atoms with E-state index in [1.54, 1.807) is 13.8 Å². The molecule has 0 aromatic heterocycles. The van der Waals surface area contributed by atoms with E-state index in [1.807, 2.05) is 30.0 Å². The van der Waals surface area contributed by atoms with Crippen LogP contribution in [0.1, 0.15) is 33.3 Å². The Balaban J connectivity index is 2.59. The second kappa shape index (κ2) is 7.55. The van der Waals surface area contributed by atoms with Crippen LogP contribution in [0, 0.1) is 0 Å². The van der Waals surface area contributed by atoms with Crippen molar-refractivity contribution in [3.63, 3.8) is 0 Å². The van der Waals surface area contributed by atoms with Gasteiger partial charge in [0.1, 0.15) is 0 Å². The lowest BCUT2D eigenvalue weighted by Crippen LogP contribution is -2.48. The molecular formula is C15H24N2O2S. The number of carbonyl (C=O) groups excluding carboxylic acids is 1. The number of carbonyl (C=O) groups is 1. The van der Waals surface area contributed by atoms with E-state index >= 15 is 0 Å². The van der Waals surface area contributed by atoms with E-state index < -0.39 is 5.54 Å². The van der Waals surface area contributed by atoms with Crippen molar-refractivity contribution in [3.05, 3.63) is 29.8 Å². The number of nitrogens with one attached hydrogen (secondary N) is 2. The van der Waals surface area contributed by atoms with Gasteiger partial charge in [-0.2, -0.15) is 11.8 Å². The second-order valence-corrected chi connectivity index (χ2v) is 7.25. The molecule has 4 nitrogen and oxygen atoms in total. The van der Waals surface area contributed by atoms with Crippen molar-refractivity contribution in [2.75, 3.05) is 11.9 Å². The van der Waals surface area contributed by atoms with E-state index in [0.717, 1.165) is 11.4 Å². The Labute approximate surface area is 125 Å². The molecule has 0 radical (unpaired) electrons. The summed E-state index contributed by atoms with van der Waals surface area (Å²) < 4.78 is 0. The molecule has 0 atom stereocenters. The molecule has 0 saturated heterocycles. The molecule has 3 N–H and O–H groups in total. The first-order chi connectivity index (χ1) is 9.32. The molecule has 0 saturated carbocycles. The van der Waals surface area contributed by atoms with E-state index in [4.69, 9.17) is 5.11 Å². The fraction of sp³-hybridized carbons (Fsp3) is 0.533. The van der Waals surface area contributed by atoms with Gasteiger partial charge >= 0.3 is 6.03 Å². The number of urea groups is 1. The van der Waals surface area contributed by atoms with Gasteiger partial charge in [0.05, 0.1) is 12.1 Å². The molecule has 1 rings (SSSR count). The maximum absolute atomic E-state index is 11.8. The minimum atomic E-state index is -0.630. The topological polar surface area (TPSA) is 61.4 Å². The van der Waals surface area contributed by atoms with Crippen LogP contribution in [0.5, 0.6) is 0 Å². The summed E-state index contributed by atoms with van der Waals surface area (Å²) in [5, 5.41) is 15.2. The molecule has 0 unspecified atom stereocenters. The fourth-order valence-electron chi connectivity index (χ4n) is 1.51. The molecule has 0 aliphatic heterocycles. The maximum atomic E-state index is 11.8. The van der Waals surface area contributed by atoms with Crippen LogP contribution in [0.25, 0.3) is 0 Å². The molecule has 0 spiro atoms. The number of aliphatic hydroxyl groups is 1. The Hall–Kier alpha value is -1.20. The van der Waals surface area contributed by atoms with Crippen LogP contribution < -0.4 is 10.6 Å². The molecule has 1 aromatic rings. The third-order valence-electron chi connectivity index (χ3n) is 2.62. The van der Waals surface area contributed by atoms with Gasteiger partial charge in [-0.25, -0.2) is 4.79 Å². The molecule has 20 heavy (non-hydrogen) atoms. The SMILES string of the molecule is CC(C)SCc1cccc(NC(=O)NC(C)(C)CO)c1. The Morgan fingerprint density at radius 1 is 1.40 bits per heavy atom. The summed E-state index contributed by atoms with van der Waals surface area (Å²) in [7, 11) is 0. The predicted molar refractivity (Wildman–Crippen MR) is 86.2 cm³/mol. The molecule has 2 amide bonds. The monoisotopic (exact) mass is 296 g/mol. The predicted octanol–water partition coefficient (Wildman–Crippen LogP) is 3.22. The third kappa shape index (κ3) is 6.30. The van der Waals surface area contributed by atoms with Gasteiger partial charge in [0.2, 0.25) is 0 Å². The zero-order chi connectivity index (χ0) is 15.2. The highest BCUT2D eigenvalue weighted by Crippen LogP contribution is 2.19. The standard InChI is InChI=1S/C15H24N2O2S/c1-11(2)20-9-12-6-5-7-13(8-12)16-14(19)17-15(3,4)10-18/h5-8,11,18H,9-10H2,1-4H3,(H2,16,17,19). The van der Waals surface area contributed by atoms with Crippen molar-refractivity contribution in [2.24, 2.45) is 0 Å². The van der Waals surface area contributed by atoms with E-state index in [-0.39, 0.29) is 12.6 Å². The number of amides is 2. The lowest BCUT2D eigenvalue weighted by molar-refractivity contribution is 0.187. The molecule has 0 fully saturated rings. The van der Waals surface area contributed by atoms with Gasteiger partial charge in [0, 0.05) is 11.4 Å². The van der Waals surface area contributed by atoms with Crippen LogP contribution in [-0.4, -0.2) is 28.5 Å². The zero-order valence-electron chi connectivity index (χ0n) is 12.6. The van der Waals surface area contributed by atoms with Crippen LogP contribution >= 0.6 is 11.8 Å². The highest BCUT2D eigenvalue weighted by atomic mass is 32.2. The minimum Gasteiger partial charge on any atom is -0.394 e. The molecule has 0 bridgehead atoms. The van der Waals surface area contributed by atoms with Gasteiger partial charge < -0.3 is 15.7 Å². The smallest absolute Gasteiger partial charge is 0.319 e. The number of anilines is 1. The zero-order valence-corrected chi connectivity index (χ0v) is 13.4. The first kappa shape index (κ1) is 16.9. The highest BCUT2D eigenvalue weighted by molar-refractivity contribution is 7.99. The largest absolute Gasteiger partial charge is 0.394 e. The first-order valence-electron chi connectivity index (χ1n) is 6.73. The van der Waals surface area contributed by atoms with Crippen molar-refractivity contribution in [2.45, 2.75) is 44.2 Å². The Kier molecular flexibility index (Phi) is 6.36. The summed E-state index contributed by atoms with van der Waals surface area (Å²) in [6, 6.07) is 7.51. The quantitative estimate of drug-likeness (QED) is 0.755. The third-order valence-corrected chi connectivity index (χ3v) is 3.78. The fourth-order valence-corrected chi connectivity index (χ4v) is 2.22. The molecule has 0 heterocycles. The van der Waals surface area contributed by atoms with E-state index in [1.165, 1.54) is 5.56 Å². The van der Waals surface area contributed by atoms with Crippen LogP contribution in [0.3, 0.4) is 0 Å². The second-order valence-electron chi connectivity index (χ2n) is 5.68.